The number of benzene rings is 1. The molecule has 1 aromatic carbocycles. The fourth-order valence-electron chi connectivity index (χ4n) is 2.16. The summed E-state index contributed by atoms with van der Waals surface area (Å²) in [6.07, 6.45) is 0.791. The van der Waals surface area contributed by atoms with Crippen molar-refractivity contribution < 1.29 is 27.1 Å². The normalized spacial score (nSPS) is 18.9. The van der Waals surface area contributed by atoms with Gasteiger partial charge in [0, 0.05) is 6.54 Å². The summed E-state index contributed by atoms with van der Waals surface area (Å²) in [6.45, 7) is 0.497. The summed E-state index contributed by atoms with van der Waals surface area (Å²) >= 11 is 0. The minimum Gasteiger partial charge on any atom is -0.449 e. The van der Waals surface area contributed by atoms with E-state index in [9.17, 15) is 22.4 Å². The number of amides is 1. The maximum absolute atomic E-state index is 13.8. The van der Waals surface area contributed by atoms with Gasteiger partial charge < -0.3 is 10.1 Å². The number of carbonyl (C=O) groups excluding carboxylic acids is 2. The highest BCUT2D eigenvalue weighted by Crippen LogP contribution is 2.18. The lowest BCUT2D eigenvalue weighted by Crippen LogP contribution is -2.36. The first kappa shape index (κ1) is 17.4. The Balaban J connectivity index is 2.25. The largest absolute Gasteiger partial charge is 0.449 e. The molecule has 0 bridgehead atoms. The van der Waals surface area contributed by atoms with E-state index in [0.717, 1.165) is 24.6 Å². The van der Waals surface area contributed by atoms with Crippen LogP contribution >= 0.6 is 0 Å². The molecule has 23 heavy (non-hydrogen) atoms. The molecular formula is C14H17FN2O5S. The van der Waals surface area contributed by atoms with E-state index in [1.165, 1.54) is 7.05 Å². The molecule has 1 aliphatic rings. The third-order valence-corrected chi connectivity index (χ3v) is 4.88. The Morgan fingerprint density at radius 3 is 2.83 bits per heavy atom. The fraction of sp³-hybridized carbons (Fsp3) is 0.429. The van der Waals surface area contributed by atoms with E-state index >= 15 is 0 Å². The van der Waals surface area contributed by atoms with Crippen molar-refractivity contribution in [3.05, 3.63) is 29.6 Å². The third kappa shape index (κ3) is 4.05. The standard InChI is InChI=1S/C14H17FN2O5S/c1-16-23(20,21)9-5-6-11(15)10(8-9)14(19)22-12-4-2-3-7-17-13(12)18/h5-6,8,12,16H,2-4,7H2,1H3,(H,17,18). The van der Waals surface area contributed by atoms with E-state index in [4.69, 9.17) is 4.74 Å². The van der Waals surface area contributed by atoms with Gasteiger partial charge in [-0.05, 0) is 44.5 Å². The second-order valence-corrected chi connectivity index (χ2v) is 6.92. The van der Waals surface area contributed by atoms with Gasteiger partial charge in [-0.15, -0.1) is 0 Å². The number of ether oxygens (including phenoxy) is 1. The van der Waals surface area contributed by atoms with Crippen molar-refractivity contribution in [1.82, 2.24) is 10.0 Å². The van der Waals surface area contributed by atoms with Crippen molar-refractivity contribution >= 4 is 21.9 Å². The Morgan fingerprint density at radius 2 is 2.13 bits per heavy atom. The van der Waals surface area contributed by atoms with Crippen LogP contribution in [0.1, 0.15) is 29.6 Å². The molecule has 1 unspecified atom stereocenters. The van der Waals surface area contributed by atoms with Gasteiger partial charge >= 0.3 is 5.97 Å². The van der Waals surface area contributed by atoms with Crippen molar-refractivity contribution in [1.29, 1.82) is 0 Å². The minimum absolute atomic E-state index is 0.265. The SMILES string of the molecule is CNS(=O)(=O)c1ccc(F)c(C(=O)OC2CCCCNC2=O)c1. The number of halogens is 1. The van der Waals surface area contributed by atoms with Crippen LogP contribution in [0.2, 0.25) is 0 Å². The molecule has 126 valence electrons. The number of carbonyl (C=O) groups is 2. The van der Waals surface area contributed by atoms with E-state index < -0.39 is 39.4 Å². The van der Waals surface area contributed by atoms with Crippen molar-refractivity contribution in [2.24, 2.45) is 0 Å². The zero-order valence-electron chi connectivity index (χ0n) is 12.5. The summed E-state index contributed by atoms with van der Waals surface area (Å²) in [5.74, 6) is -2.42. The molecule has 0 aliphatic carbocycles. The first-order valence-electron chi connectivity index (χ1n) is 7.07. The Kier molecular flexibility index (Phi) is 5.32. The third-order valence-electron chi connectivity index (χ3n) is 3.47. The molecule has 9 heteroatoms. The average Bonchev–Trinajstić information content (AvgIpc) is 2.72. The molecule has 1 fully saturated rings. The first-order chi connectivity index (χ1) is 10.8. The van der Waals surface area contributed by atoms with Gasteiger partial charge in [-0.3, -0.25) is 4.79 Å². The molecule has 1 atom stereocenters. The monoisotopic (exact) mass is 344 g/mol. The van der Waals surface area contributed by atoms with Crippen LogP contribution in [-0.4, -0.2) is 40.0 Å². The van der Waals surface area contributed by atoms with E-state index in [2.05, 4.69) is 10.0 Å². The van der Waals surface area contributed by atoms with Crippen LogP contribution in [0.4, 0.5) is 4.39 Å². The molecule has 0 saturated carbocycles. The molecule has 2 rings (SSSR count). The molecular weight excluding hydrogens is 327 g/mol. The van der Waals surface area contributed by atoms with Crippen molar-refractivity contribution in [3.8, 4) is 0 Å². The Labute approximate surface area is 133 Å². The zero-order chi connectivity index (χ0) is 17.0. The lowest BCUT2D eigenvalue weighted by Gasteiger charge is -2.15. The smallest absolute Gasteiger partial charge is 0.341 e. The van der Waals surface area contributed by atoms with E-state index in [0.29, 0.717) is 19.4 Å². The van der Waals surface area contributed by atoms with Gasteiger partial charge in [0.2, 0.25) is 10.0 Å². The van der Waals surface area contributed by atoms with Crippen LogP contribution in [0.3, 0.4) is 0 Å². The van der Waals surface area contributed by atoms with Crippen molar-refractivity contribution in [2.75, 3.05) is 13.6 Å². The molecule has 1 aliphatic heterocycles. The topological polar surface area (TPSA) is 102 Å². The van der Waals surface area contributed by atoms with Crippen LogP contribution < -0.4 is 10.0 Å². The molecule has 1 saturated heterocycles. The second-order valence-electron chi connectivity index (χ2n) is 5.03. The quantitative estimate of drug-likeness (QED) is 0.777. The average molecular weight is 344 g/mol. The first-order valence-corrected chi connectivity index (χ1v) is 8.55. The van der Waals surface area contributed by atoms with Crippen LogP contribution in [0.5, 0.6) is 0 Å². The summed E-state index contributed by atoms with van der Waals surface area (Å²) < 4.78 is 44.4. The number of hydrogen-bond donors (Lipinski definition) is 2. The molecule has 1 aromatic rings. The molecule has 0 radical (unpaired) electrons. The number of esters is 1. The van der Waals surface area contributed by atoms with Gasteiger partial charge in [0.15, 0.2) is 6.10 Å². The highest BCUT2D eigenvalue weighted by Gasteiger charge is 2.27. The van der Waals surface area contributed by atoms with E-state index in [-0.39, 0.29) is 4.90 Å². The Hall–Kier alpha value is -2.00. The van der Waals surface area contributed by atoms with Gasteiger partial charge in [0.05, 0.1) is 10.5 Å². The van der Waals surface area contributed by atoms with Crippen LogP contribution in [0.25, 0.3) is 0 Å². The Bertz CT molecular complexity index is 720. The van der Waals surface area contributed by atoms with E-state index in [1.807, 2.05) is 0 Å². The fourth-order valence-corrected chi connectivity index (χ4v) is 2.92. The molecule has 1 heterocycles. The van der Waals surface area contributed by atoms with Gasteiger partial charge in [-0.1, -0.05) is 0 Å². The maximum atomic E-state index is 13.8. The lowest BCUT2D eigenvalue weighted by molar-refractivity contribution is -0.129. The highest BCUT2D eigenvalue weighted by molar-refractivity contribution is 7.89. The predicted molar refractivity (Wildman–Crippen MR) is 78.7 cm³/mol. The summed E-state index contributed by atoms with van der Waals surface area (Å²) in [5, 5.41) is 2.60. The van der Waals surface area contributed by atoms with Crippen molar-refractivity contribution in [2.45, 2.75) is 30.3 Å². The second kappa shape index (κ2) is 7.05. The molecule has 0 spiro atoms. The number of hydrogen-bond acceptors (Lipinski definition) is 5. The van der Waals surface area contributed by atoms with Gasteiger partial charge in [-0.2, -0.15) is 0 Å². The Morgan fingerprint density at radius 1 is 1.39 bits per heavy atom. The van der Waals surface area contributed by atoms with Crippen LogP contribution in [0, 0.1) is 5.82 Å². The summed E-state index contributed by atoms with van der Waals surface area (Å²) in [6, 6.07) is 2.79. The van der Waals surface area contributed by atoms with E-state index in [1.54, 1.807) is 0 Å². The van der Waals surface area contributed by atoms with Crippen LogP contribution in [0.15, 0.2) is 23.1 Å². The van der Waals surface area contributed by atoms with Crippen LogP contribution in [-0.2, 0) is 19.6 Å². The molecule has 2 N–H and O–H groups in total. The van der Waals surface area contributed by atoms with Crippen molar-refractivity contribution in [3.63, 3.8) is 0 Å². The molecule has 7 nitrogen and oxygen atoms in total. The molecule has 0 aromatic heterocycles. The zero-order valence-corrected chi connectivity index (χ0v) is 13.3. The van der Waals surface area contributed by atoms with Gasteiger partial charge in [-0.25, -0.2) is 22.3 Å². The summed E-state index contributed by atoms with van der Waals surface area (Å²) in [5.41, 5.74) is -0.529. The molecule has 1 amide bonds. The summed E-state index contributed by atoms with van der Waals surface area (Å²) in [7, 11) is -2.62. The number of rotatable bonds is 4. The predicted octanol–water partition coefficient (Wildman–Crippen LogP) is 0.559. The number of nitrogens with one attached hydrogen (secondary N) is 2. The minimum atomic E-state index is -3.82. The van der Waals surface area contributed by atoms with Gasteiger partial charge in [0.25, 0.3) is 5.91 Å². The van der Waals surface area contributed by atoms with Gasteiger partial charge in [0.1, 0.15) is 5.82 Å². The highest BCUT2D eigenvalue weighted by atomic mass is 32.2. The number of sulfonamides is 1. The maximum Gasteiger partial charge on any atom is 0.341 e. The summed E-state index contributed by atoms with van der Waals surface area (Å²) in [4.78, 5) is 23.6. The lowest BCUT2D eigenvalue weighted by atomic mass is 10.1.